The van der Waals surface area contributed by atoms with Gasteiger partial charge < -0.3 is 48.1 Å². The van der Waals surface area contributed by atoms with E-state index in [1.807, 2.05) is 0 Å². The number of aliphatic hydroxyl groups is 2. The van der Waals surface area contributed by atoms with Crippen molar-refractivity contribution < 1.29 is 81.7 Å². The fourth-order valence-corrected chi connectivity index (χ4v) is 8.96. The van der Waals surface area contributed by atoms with E-state index in [1.165, 1.54) is 32.2 Å². The molecule has 13 atom stereocenters. The molecule has 2 aliphatic heterocycles. The number of hydrogen-bond acceptors (Lipinski definition) is 18. The fourth-order valence-electron chi connectivity index (χ4n) is 8.96. The van der Waals surface area contributed by atoms with Crippen LogP contribution in [0.25, 0.3) is 0 Å². The minimum Gasteiger partial charge on any atom is -0.465 e. The summed E-state index contributed by atoms with van der Waals surface area (Å²) < 4.78 is 47.5. The van der Waals surface area contributed by atoms with Gasteiger partial charge in [-0.05, 0) is 26.0 Å². The Morgan fingerprint density at radius 2 is 1.41 bits per heavy atom. The topological polar surface area (TPSA) is 247 Å². The third kappa shape index (κ3) is 6.17. The van der Waals surface area contributed by atoms with Gasteiger partial charge in [-0.25, -0.2) is 4.79 Å². The van der Waals surface area contributed by atoms with E-state index in [2.05, 4.69) is 4.98 Å². The summed E-state index contributed by atoms with van der Waals surface area (Å²) in [5, 5.41) is 25.9. The van der Waals surface area contributed by atoms with E-state index in [0.717, 1.165) is 41.5 Å². The molecule has 1 aromatic rings. The van der Waals surface area contributed by atoms with E-state index in [0.29, 0.717) is 0 Å². The second-order valence-corrected chi connectivity index (χ2v) is 14.7. The highest BCUT2D eigenvalue weighted by atomic mass is 16.7. The molecule has 18 nitrogen and oxygen atoms in total. The molecule has 296 valence electrons. The predicted octanol–water partition coefficient (Wildman–Crippen LogP) is 0.463. The van der Waals surface area contributed by atoms with E-state index in [4.69, 9.17) is 37.9 Å². The van der Waals surface area contributed by atoms with E-state index in [9.17, 15) is 43.8 Å². The summed E-state index contributed by atoms with van der Waals surface area (Å²) in [5.41, 5.74) is -9.93. The number of cyclic esters (lactones) is 1. The summed E-state index contributed by atoms with van der Waals surface area (Å²) in [4.78, 5) is 96.9. The highest BCUT2D eigenvalue weighted by molar-refractivity contribution is 5.91. The van der Waals surface area contributed by atoms with Gasteiger partial charge in [-0.2, -0.15) is 0 Å². The summed E-state index contributed by atoms with van der Waals surface area (Å²) in [6.07, 6.45) is -10.5. The number of aliphatic hydroxyl groups excluding tert-OH is 1. The molecule has 4 aliphatic rings. The molecule has 4 bridgehead atoms. The number of hydrogen-bond donors (Lipinski definition) is 2. The molecule has 5 rings (SSSR count). The first-order valence-electron chi connectivity index (χ1n) is 17.3. The van der Waals surface area contributed by atoms with Crippen LogP contribution in [0.5, 0.6) is 0 Å². The molecular formula is C36H45NO17. The summed E-state index contributed by atoms with van der Waals surface area (Å²) in [6.45, 7) is 8.75. The van der Waals surface area contributed by atoms with Gasteiger partial charge in [0.15, 0.2) is 24.4 Å². The minimum atomic E-state index is -2.78. The van der Waals surface area contributed by atoms with E-state index in [-0.39, 0.29) is 11.3 Å². The Morgan fingerprint density at radius 1 is 0.852 bits per heavy atom. The molecule has 0 radical (unpaired) electrons. The van der Waals surface area contributed by atoms with Crippen LogP contribution in [0.15, 0.2) is 18.3 Å². The zero-order valence-corrected chi connectivity index (χ0v) is 31.3. The maximum atomic E-state index is 14.2. The molecule has 1 spiro atoms. The van der Waals surface area contributed by atoms with Crippen molar-refractivity contribution in [3.8, 4) is 0 Å². The molecule has 3 heterocycles. The van der Waals surface area contributed by atoms with Crippen LogP contribution >= 0.6 is 0 Å². The highest BCUT2D eigenvalue weighted by Crippen LogP contribution is 2.69. The molecule has 2 saturated carbocycles. The van der Waals surface area contributed by atoms with Gasteiger partial charge in [0.1, 0.15) is 41.5 Å². The first kappa shape index (κ1) is 40.5. The Morgan fingerprint density at radius 3 is 1.96 bits per heavy atom. The average Bonchev–Trinajstić information content (AvgIpc) is 3.27. The molecule has 0 aromatic carbocycles. The zero-order valence-electron chi connectivity index (χ0n) is 31.3. The molecule has 3 fully saturated rings. The number of pyridine rings is 1. The van der Waals surface area contributed by atoms with Crippen LogP contribution in [0.2, 0.25) is 0 Å². The Hall–Kier alpha value is -4.68. The van der Waals surface area contributed by atoms with Crippen molar-refractivity contribution in [3.63, 3.8) is 0 Å². The first-order chi connectivity index (χ1) is 25.1. The van der Waals surface area contributed by atoms with Crippen LogP contribution in [-0.4, -0.2) is 124 Å². The van der Waals surface area contributed by atoms with Crippen LogP contribution in [-0.2, 0) is 66.7 Å². The number of carbonyl (C=O) groups is 7. The lowest BCUT2D eigenvalue weighted by molar-refractivity contribution is -0.386. The van der Waals surface area contributed by atoms with Gasteiger partial charge in [0.2, 0.25) is 0 Å². The molecule has 2 N–H and O–H groups in total. The number of rotatable bonds is 6. The third-order valence-electron chi connectivity index (χ3n) is 11.2. The molecule has 0 unspecified atom stereocenters. The molecule has 0 amide bonds. The second kappa shape index (κ2) is 14.2. The monoisotopic (exact) mass is 763 g/mol. The van der Waals surface area contributed by atoms with Crippen molar-refractivity contribution in [2.45, 2.75) is 122 Å². The number of aromatic nitrogens is 1. The van der Waals surface area contributed by atoms with Crippen LogP contribution in [0.3, 0.4) is 0 Å². The first-order valence-corrected chi connectivity index (χ1v) is 17.3. The van der Waals surface area contributed by atoms with Gasteiger partial charge in [-0.3, -0.25) is 33.8 Å². The van der Waals surface area contributed by atoms with E-state index < -0.39 is 132 Å². The summed E-state index contributed by atoms with van der Waals surface area (Å²) in [5.74, 6) is -10.5. The van der Waals surface area contributed by atoms with Crippen molar-refractivity contribution >= 4 is 41.8 Å². The SMILES string of the molecule is CC(=O)OC[C@]12[C@H](OC(C)=O)[C@H](OC(C)=O)[C@H]3OC(=O)[C@H](C)[C@H](C)c4ncccc4C(=O)OC[C@]4(C)O[C@]1([C@H](O)[C@@H]4[C@H](OC(C)=O)[C@@H]2OC(C)=O)[C@@]3(C)O. The van der Waals surface area contributed by atoms with E-state index >= 15 is 0 Å². The molecular weight excluding hydrogens is 718 g/mol. The summed E-state index contributed by atoms with van der Waals surface area (Å²) >= 11 is 0. The Balaban J connectivity index is 1.95. The van der Waals surface area contributed by atoms with Crippen molar-refractivity contribution in [1.29, 1.82) is 0 Å². The number of nitrogens with zero attached hydrogens (tertiary/aromatic N) is 1. The van der Waals surface area contributed by atoms with Gasteiger partial charge >= 0.3 is 41.8 Å². The van der Waals surface area contributed by atoms with Crippen LogP contribution in [0, 0.1) is 17.3 Å². The molecule has 18 heteroatoms. The predicted molar refractivity (Wildman–Crippen MR) is 176 cm³/mol. The van der Waals surface area contributed by atoms with Gasteiger partial charge in [0.25, 0.3) is 0 Å². The maximum absolute atomic E-state index is 14.2. The number of esters is 7. The Labute approximate surface area is 310 Å². The number of ether oxygens (including phenoxy) is 8. The van der Waals surface area contributed by atoms with Crippen molar-refractivity contribution in [1.82, 2.24) is 4.98 Å². The lowest BCUT2D eigenvalue weighted by Crippen LogP contribution is -2.89. The highest BCUT2D eigenvalue weighted by Gasteiger charge is 2.90. The summed E-state index contributed by atoms with van der Waals surface area (Å²) in [7, 11) is 0. The van der Waals surface area contributed by atoms with Gasteiger partial charge in [-0.1, -0.05) is 13.8 Å². The van der Waals surface area contributed by atoms with E-state index in [1.54, 1.807) is 6.92 Å². The smallest absolute Gasteiger partial charge is 0.340 e. The fraction of sp³-hybridized carbons (Fsp3) is 0.667. The maximum Gasteiger partial charge on any atom is 0.340 e. The van der Waals surface area contributed by atoms with Gasteiger partial charge in [-0.15, -0.1) is 0 Å². The van der Waals surface area contributed by atoms with Crippen molar-refractivity contribution in [2.75, 3.05) is 13.2 Å². The van der Waals surface area contributed by atoms with Gasteiger partial charge in [0, 0.05) is 46.7 Å². The Kier molecular flexibility index (Phi) is 10.6. The largest absolute Gasteiger partial charge is 0.465 e. The molecule has 54 heavy (non-hydrogen) atoms. The lowest BCUT2D eigenvalue weighted by Gasteiger charge is -2.67. The molecule has 1 saturated heterocycles. The van der Waals surface area contributed by atoms with Crippen LogP contribution < -0.4 is 0 Å². The standard InChI is InChI=1S/C36H45NO17/c1-15-16(2)31(44)53-28-26(50-19(5)40)30(52-21(7)42)35(14-47-17(3)38)29(51-20(6)41)25(49-18(4)39)23-27(43)36(35,34(28,9)46)54-33(23,8)13-48-32(45)22-11-10-12-37-24(15)22/h10-12,15-16,23,25-30,43,46H,13-14H2,1-9H3/t15-,16+,23-,25-,26+,27+,28+,29-,30+,33-,34-,35-,36+/m0/s1. The summed E-state index contributed by atoms with van der Waals surface area (Å²) in [6, 6.07) is 2.91. The average molecular weight is 764 g/mol. The minimum absolute atomic E-state index is 0.0246. The molecule has 1 aromatic heterocycles. The van der Waals surface area contributed by atoms with Crippen LogP contribution in [0.4, 0.5) is 0 Å². The zero-order chi connectivity index (χ0) is 40.3. The lowest BCUT2D eigenvalue weighted by atomic mass is 9.45. The third-order valence-corrected chi connectivity index (χ3v) is 11.2. The number of carbonyl (C=O) groups excluding carboxylic acids is 7. The van der Waals surface area contributed by atoms with Gasteiger partial charge in [0.05, 0.1) is 29.2 Å². The normalized spacial score (nSPS) is 39.8. The van der Waals surface area contributed by atoms with Crippen LogP contribution in [0.1, 0.15) is 84.3 Å². The molecule has 2 aliphatic carbocycles. The van der Waals surface area contributed by atoms with Crippen molar-refractivity contribution in [2.24, 2.45) is 17.3 Å². The second-order valence-electron chi connectivity index (χ2n) is 14.7. The van der Waals surface area contributed by atoms with Crippen molar-refractivity contribution in [3.05, 3.63) is 29.6 Å². The number of fused-ring (bicyclic) bond motifs is 5. The Bertz CT molecular complexity index is 1740. The quantitative estimate of drug-likeness (QED) is 0.295.